The molecule has 1 fully saturated rings. The lowest BCUT2D eigenvalue weighted by Gasteiger charge is -2.25. The third-order valence-corrected chi connectivity index (χ3v) is 3.20. The molecule has 1 aliphatic heterocycles. The highest BCUT2D eigenvalue weighted by atomic mass is 16.3. The number of nitrogens with zero attached hydrogens (tertiary/aromatic N) is 4. The Hall–Kier alpha value is -1.67. The molecule has 1 aromatic heterocycles. The molecule has 0 amide bonds. The number of aromatic nitrogens is 2. The van der Waals surface area contributed by atoms with E-state index in [9.17, 15) is 5.11 Å². The van der Waals surface area contributed by atoms with Crippen LogP contribution in [0.2, 0.25) is 0 Å². The fourth-order valence-corrected chi connectivity index (χ4v) is 2.48. The molecule has 0 bridgehead atoms. The molecule has 1 N–H and O–H groups in total. The van der Waals surface area contributed by atoms with Crippen molar-refractivity contribution in [1.29, 1.82) is 5.26 Å². The smallest absolute Gasteiger partial charge is 0.227 e. The Balaban J connectivity index is 2.24. The number of aryl methyl sites for hydroxylation is 1. The molecule has 0 radical (unpaired) electrons. The number of rotatable bonds is 3. The van der Waals surface area contributed by atoms with Gasteiger partial charge in [0.25, 0.3) is 0 Å². The van der Waals surface area contributed by atoms with E-state index in [1.807, 2.05) is 6.92 Å². The van der Waals surface area contributed by atoms with Crippen LogP contribution in [0.25, 0.3) is 0 Å². The quantitative estimate of drug-likeness (QED) is 0.872. The second kappa shape index (κ2) is 5.32. The van der Waals surface area contributed by atoms with Gasteiger partial charge in [-0.2, -0.15) is 5.26 Å². The fraction of sp³-hybridized carbons (Fsp3) is 0.615. The lowest BCUT2D eigenvalue weighted by Crippen LogP contribution is -2.33. The summed E-state index contributed by atoms with van der Waals surface area (Å²) in [6.07, 6.45) is 2.52. The topological polar surface area (TPSA) is 73.0 Å². The molecule has 0 aliphatic carbocycles. The lowest BCUT2D eigenvalue weighted by atomic mass is 10.1. The molecular weight excluding hydrogens is 228 g/mol. The number of aliphatic hydroxyl groups is 1. The zero-order chi connectivity index (χ0) is 13.1. The van der Waals surface area contributed by atoms with E-state index >= 15 is 0 Å². The van der Waals surface area contributed by atoms with Gasteiger partial charge in [-0.25, -0.2) is 9.97 Å². The van der Waals surface area contributed by atoms with Gasteiger partial charge in [-0.3, -0.25) is 0 Å². The fourth-order valence-electron chi connectivity index (χ4n) is 2.48. The van der Waals surface area contributed by atoms with E-state index in [0.29, 0.717) is 11.6 Å². The van der Waals surface area contributed by atoms with Crippen LogP contribution in [-0.4, -0.2) is 33.8 Å². The van der Waals surface area contributed by atoms with Crippen LogP contribution < -0.4 is 4.90 Å². The van der Waals surface area contributed by atoms with E-state index in [-0.39, 0.29) is 12.1 Å². The van der Waals surface area contributed by atoms with E-state index in [2.05, 4.69) is 20.9 Å². The molecular formula is C13H18N4O. The molecule has 96 valence electrons. The van der Waals surface area contributed by atoms with E-state index in [1.54, 1.807) is 13.0 Å². The van der Waals surface area contributed by atoms with Crippen LogP contribution >= 0.6 is 0 Å². The first-order valence-electron chi connectivity index (χ1n) is 6.30. The maximum Gasteiger partial charge on any atom is 0.227 e. The maximum atomic E-state index is 9.51. The lowest BCUT2D eigenvalue weighted by molar-refractivity contribution is 0.175. The predicted octanol–water partition coefficient (Wildman–Crippen LogP) is 1.40. The highest BCUT2D eigenvalue weighted by Crippen LogP contribution is 2.25. The second-order valence-electron chi connectivity index (χ2n) is 4.88. The third-order valence-electron chi connectivity index (χ3n) is 3.20. The molecule has 2 atom stereocenters. The van der Waals surface area contributed by atoms with Crippen LogP contribution in [0.4, 0.5) is 5.95 Å². The van der Waals surface area contributed by atoms with Crippen molar-refractivity contribution >= 4 is 5.95 Å². The predicted molar refractivity (Wildman–Crippen MR) is 68.1 cm³/mol. The molecule has 2 rings (SSSR count). The molecule has 1 aromatic rings. The summed E-state index contributed by atoms with van der Waals surface area (Å²) in [7, 11) is 0. The number of hydrogen-bond acceptors (Lipinski definition) is 5. The zero-order valence-electron chi connectivity index (χ0n) is 10.8. The minimum absolute atomic E-state index is 0.276. The van der Waals surface area contributed by atoms with E-state index in [1.165, 1.54) is 0 Å². The van der Waals surface area contributed by atoms with E-state index in [0.717, 1.165) is 31.5 Å². The molecule has 1 saturated heterocycles. The van der Waals surface area contributed by atoms with Gasteiger partial charge in [-0.15, -0.1) is 0 Å². The Morgan fingerprint density at radius 1 is 1.61 bits per heavy atom. The van der Waals surface area contributed by atoms with Gasteiger partial charge < -0.3 is 10.0 Å². The summed E-state index contributed by atoms with van der Waals surface area (Å²) in [5.41, 5.74) is 1.21. The highest BCUT2D eigenvalue weighted by molar-refractivity contribution is 5.38. The van der Waals surface area contributed by atoms with Crippen LogP contribution in [0.5, 0.6) is 0 Å². The van der Waals surface area contributed by atoms with Gasteiger partial charge in [-0.05, 0) is 39.2 Å². The molecule has 1 aliphatic rings. The maximum absolute atomic E-state index is 9.51. The number of anilines is 1. The minimum atomic E-state index is -0.323. The minimum Gasteiger partial charge on any atom is -0.393 e. The Kier molecular flexibility index (Phi) is 3.78. The average Bonchev–Trinajstić information content (AvgIpc) is 2.75. The summed E-state index contributed by atoms with van der Waals surface area (Å²) >= 11 is 0. The van der Waals surface area contributed by atoms with Gasteiger partial charge in [0.15, 0.2) is 0 Å². The first kappa shape index (κ1) is 12.8. The average molecular weight is 246 g/mol. The monoisotopic (exact) mass is 246 g/mol. The van der Waals surface area contributed by atoms with E-state index in [4.69, 9.17) is 5.26 Å². The largest absolute Gasteiger partial charge is 0.393 e. The van der Waals surface area contributed by atoms with Crippen molar-refractivity contribution in [2.45, 2.75) is 45.3 Å². The van der Waals surface area contributed by atoms with Gasteiger partial charge >= 0.3 is 0 Å². The van der Waals surface area contributed by atoms with Gasteiger partial charge in [0.1, 0.15) is 11.8 Å². The summed E-state index contributed by atoms with van der Waals surface area (Å²) in [6, 6.07) is 4.02. The van der Waals surface area contributed by atoms with Crippen LogP contribution in [0.1, 0.15) is 37.6 Å². The molecule has 5 heteroatoms. The second-order valence-corrected chi connectivity index (χ2v) is 4.88. The SMILES string of the molecule is Cc1cc(C#N)nc(N2CCCC2CC(C)O)n1. The number of aliphatic hydroxyl groups excluding tert-OH is 1. The van der Waals surface area contributed by atoms with Crippen molar-refractivity contribution in [3.63, 3.8) is 0 Å². The van der Waals surface area contributed by atoms with Crippen molar-refractivity contribution < 1.29 is 5.11 Å². The van der Waals surface area contributed by atoms with Crippen LogP contribution in [0.15, 0.2) is 6.07 Å². The van der Waals surface area contributed by atoms with Gasteiger partial charge in [0.2, 0.25) is 5.95 Å². The summed E-state index contributed by atoms with van der Waals surface area (Å²) < 4.78 is 0. The van der Waals surface area contributed by atoms with Crippen molar-refractivity contribution in [2.75, 3.05) is 11.4 Å². The van der Waals surface area contributed by atoms with Crippen molar-refractivity contribution in [2.24, 2.45) is 0 Å². The molecule has 2 heterocycles. The number of hydrogen-bond donors (Lipinski definition) is 1. The van der Waals surface area contributed by atoms with Gasteiger partial charge in [0.05, 0.1) is 6.10 Å². The Morgan fingerprint density at radius 2 is 2.39 bits per heavy atom. The summed E-state index contributed by atoms with van der Waals surface area (Å²) in [5.74, 6) is 0.620. The van der Waals surface area contributed by atoms with Crippen molar-refractivity contribution in [3.8, 4) is 6.07 Å². The first-order valence-corrected chi connectivity index (χ1v) is 6.30. The van der Waals surface area contributed by atoms with Crippen molar-refractivity contribution in [3.05, 3.63) is 17.5 Å². The molecule has 2 unspecified atom stereocenters. The summed E-state index contributed by atoms with van der Waals surface area (Å²) in [6.45, 7) is 4.56. The zero-order valence-corrected chi connectivity index (χ0v) is 10.8. The van der Waals surface area contributed by atoms with Crippen LogP contribution in [0.3, 0.4) is 0 Å². The molecule has 0 spiro atoms. The van der Waals surface area contributed by atoms with Crippen LogP contribution in [0, 0.1) is 18.3 Å². The molecule has 18 heavy (non-hydrogen) atoms. The first-order chi connectivity index (χ1) is 8.60. The third kappa shape index (κ3) is 2.77. The highest BCUT2D eigenvalue weighted by Gasteiger charge is 2.27. The van der Waals surface area contributed by atoms with Gasteiger partial charge in [0, 0.05) is 18.3 Å². The van der Waals surface area contributed by atoms with Crippen molar-refractivity contribution in [1.82, 2.24) is 9.97 Å². The summed E-state index contributed by atoms with van der Waals surface area (Å²) in [5, 5.41) is 18.5. The van der Waals surface area contributed by atoms with E-state index < -0.39 is 0 Å². The normalized spacial score (nSPS) is 20.8. The number of nitriles is 1. The molecule has 0 saturated carbocycles. The Morgan fingerprint density at radius 3 is 3.06 bits per heavy atom. The van der Waals surface area contributed by atoms with Gasteiger partial charge in [-0.1, -0.05) is 0 Å². The Bertz CT molecular complexity index is 467. The Labute approximate surface area is 107 Å². The molecule has 5 nitrogen and oxygen atoms in total. The summed E-state index contributed by atoms with van der Waals surface area (Å²) in [4.78, 5) is 10.8. The van der Waals surface area contributed by atoms with Crippen LogP contribution in [-0.2, 0) is 0 Å². The standard InChI is InChI=1S/C13H18N4O/c1-9-6-11(8-14)16-13(15-9)17-5-3-4-12(17)7-10(2)18/h6,10,12,18H,3-5,7H2,1-2H3. The molecule has 0 aromatic carbocycles.